The normalized spacial score (nSPS) is 18.7. The molecule has 0 aliphatic carbocycles. The molecule has 86 valence electrons. The Morgan fingerprint density at radius 3 is 2.33 bits per heavy atom. The Hall–Kier alpha value is -1.10. The van der Waals surface area contributed by atoms with Crippen LogP contribution in [0.15, 0.2) is 11.4 Å². The average molecular weight is 214 g/mol. The van der Waals surface area contributed by atoms with Gasteiger partial charge in [-0.15, -0.1) is 0 Å². The molecule has 0 N–H and O–H groups in total. The lowest BCUT2D eigenvalue weighted by Gasteiger charge is -2.30. The Labute approximate surface area is 89.9 Å². The Balaban J connectivity index is 2.87. The maximum atomic E-state index is 10.9. The fourth-order valence-electron chi connectivity index (χ4n) is 1.88. The van der Waals surface area contributed by atoms with E-state index in [4.69, 9.17) is 4.74 Å². The molecule has 0 aromatic rings. The first-order chi connectivity index (χ1) is 7.20. The minimum atomic E-state index is -0.256. The van der Waals surface area contributed by atoms with Crippen LogP contribution in [-0.4, -0.2) is 36.1 Å². The summed E-state index contributed by atoms with van der Waals surface area (Å²) in [7, 11) is 0. The van der Waals surface area contributed by atoms with Crippen molar-refractivity contribution in [1.29, 1.82) is 0 Å². The largest absolute Gasteiger partial charge is 0.378 e. The molecule has 0 spiro atoms. The zero-order valence-electron chi connectivity index (χ0n) is 9.36. The van der Waals surface area contributed by atoms with Crippen LogP contribution in [0.1, 0.15) is 26.7 Å². The third-order valence-electron chi connectivity index (χ3n) is 2.62. The van der Waals surface area contributed by atoms with Crippen LogP contribution in [0.4, 0.5) is 0 Å². The van der Waals surface area contributed by atoms with E-state index in [0.29, 0.717) is 31.8 Å². The maximum Gasteiger partial charge on any atom is 0.264 e. The lowest BCUT2D eigenvalue weighted by molar-refractivity contribution is -0.430. The van der Waals surface area contributed by atoms with E-state index in [2.05, 4.69) is 4.90 Å². The van der Waals surface area contributed by atoms with Crippen molar-refractivity contribution in [3.63, 3.8) is 0 Å². The number of hydrogen-bond acceptors (Lipinski definition) is 4. The number of rotatable bonds is 4. The van der Waals surface area contributed by atoms with Gasteiger partial charge in [0.15, 0.2) is 0 Å². The van der Waals surface area contributed by atoms with Gasteiger partial charge in [0.25, 0.3) is 5.70 Å². The van der Waals surface area contributed by atoms with Crippen molar-refractivity contribution in [3.8, 4) is 0 Å². The van der Waals surface area contributed by atoms with Crippen LogP contribution < -0.4 is 0 Å². The molecule has 1 saturated heterocycles. The second-order valence-electron chi connectivity index (χ2n) is 3.46. The van der Waals surface area contributed by atoms with Gasteiger partial charge in [-0.2, -0.15) is 0 Å². The highest BCUT2D eigenvalue weighted by Crippen LogP contribution is 2.18. The van der Waals surface area contributed by atoms with Gasteiger partial charge >= 0.3 is 0 Å². The topological polar surface area (TPSA) is 55.6 Å². The van der Waals surface area contributed by atoms with E-state index in [1.165, 1.54) is 0 Å². The van der Waals surface area contributed by atoms with E-state index in [0.717, 1.165) is 18.8 Å². The Morgan fingerprint density at radius 2 is 1.93 bits per heavy atom. The molecule has 0 saturated carbocycles. The number of nitrogens with zero attached hydrogens (tertiary/aromatic N) is 2. The van der Waals surface area contributed by atoms with Crippen LogP contribution >= 0.6 is 0 Å². The van der Waals surface area contributed by atoms with E-state index in [1.54, 1.807) is 0 Å². The van der Waals surface area contributed by atoms with E-state index in [1.807, 2.05) is 13.8 Å². The van der Waals surface area contributed by atoms with Gasteiger partial charge in [0.1, 0.15) is 0 Å². The van der Waals surface area contributed by atoms with Gasteiger partial charge in [-0.05, 0) is 6.42 Å². The van der Waals surface area contributed by atoms with Gasteiger partial charge in [-0.1, -0.05) is 13.8 Å². The predicted octanol–water partition coefficient (Wildman–Crippen LogP) is 1.63. The first-order valence-electron chi connectivity index (χ1n) is 5.39. The van der Waals surface area contributed by atoms with Gasteiger partial charge in [-0.3, -0.25) is 10.1 Å². The van der Waals surface area contributed by atoms with Crippen LogP contribution in [0, 0.1) is 10.1 Å². The molecule has 1 rings (SSSR count). The molecule has 5 heteroatoms. The zero-order chi connectivity index (χ0) is 11.3. The fraction of sp³-hybridized carbons (Fsp3) is 0.800. The Kier molecular flexibility index (Phi) is 4.55. The average Bonchev–Trinajstić information content (AvgIpc) is 2.26. The predicted molar refractivity (Wildman–Crippen MR) is 57.0 cm³/mol. The van der Waals surface area contributed by atoms with Crippen LogP contribution in [0.3, 0.4) is 0 Å². The van der Waals surface area contributed by atoms with E-state index >= 15 is 0 Å². The molecule has 5 nitrogen and oxygen atoms in total. The SMILES string of the molecule is CC/C(=C(\CC)[N+](=O)[O-])N1CCOCC1. The molecule has 0 unspecified atom stereocenters. The van der Waals surface area contributed by atoms with Gasteiger partial charge in [0, 0.05) is 19.5 Å². The summed E-state index contributed by atoms with van der Waals surface area (Å²) in [6, 6.07) is 0. The number of allylic oxidation sites excluding steroid dienone is 2. The number of ether oxygens (including phenoxy) is 1. The van der Waals surface area contributed by atoms with Crippen molar-refractivity contribution < 1.29 is 9.66 Å². The number of nitro groups is 1. The molecule has 1 aliphatic rings. The molecular formula is C10H18N2O3. The molecular weight excluding hydrogens is 196 g/mol. The quantitative estimate of drug-likeness (QED) is 0.527. The Bertz CT molecular complexity index is 257. The van der Waals surface area contributed by atoms with Crippen molar-refractivity contribution in [2.45, 2.75) is 26.7 Å². The molecule has 0 aromatic carbocycles. The Morgan fingerprint density at radius 1 is 1.33 bits per heavy atom. The van der Waals surface area contributed by atoms with Gasteiger partial charge in [0.05, 0.1) is 23.8 Å². The first kappa shape index (κ1) is 12.0. The van der Waals surface area contributed by atoms with Crippen LogP contribution in [-0.2, 0) is 4.74 Å². The minimum Gasteiger partial charge on any atom is -0.378 e. The summed E-state index contributed by atoms with van der Waals surface area (Å²) < 4.78 is 5.23. The molecule has 0 bridgehead atoms. The van der Waals surface area contributed by atoms with E-state index < -0.39 is 0 Å². The van der Waals surface area contributed by atoms with Crippen molar-refractivity contribution in [1.82, 2.24) is 4.90 Å². The number of morpholine rings is 1. The third kappa shape index (κ3) is 2.92. The highest BCUT2D eigenvalue weighted by molar-refractivity contribution is 5.07. The highest BCUT2D eigenvalue weighted by Gasteiger charge is 2.21. The third-order valence-corrected chi connectivity index (χ3v) is 2.62. The monoisotopic (exact) mass is 214 g/mol. The maximum absolute atomic E-state index is 10.9. The summed E-state index contributed by atoms with van der Waals surface area (Å²) in [5, 5.41) is 10.9. The van der Waals surface area contributed by atoms with E-state index in [9.17, 15) is 10.1 Å². The molecule has 0 atom stereocenters. The second kappa shape index (κ2) is 5.70. The van der Waals surface area contributed by atoms with Gasteiger partial charge in [0.2, 0.25) is 0 Å². The summed E-state index contributed by atoms with van der Waals surface area (Å²) in [5.74, 6) is 0. The second-order valence-corrected chi connectivity index (χ2v) is 3.46. The summed E-state index contributed by atoms with van der Waals surface area (Å²) in [4.78, 5) is 12.7. The zero-order valence-corrected chi connectivity index (χ0v) is 9.36. The van der Waals surface area contributed by atoms with Crippen molar-refractivity contribution in [2.75, 3.05) is 26.3 Å². The fourth-order valence-corrected chi connectivity index (χ4v) is 1.88. The molecule has 0 radical (unpaired) electrons. The van der Waals surface area contributed by atoms with Crippen molar-refractivity contribution >= 4 is 0 Å². The minimum absolute atomic E-state index is 0.256. The molecule has 1 aliphatic heterocycles. The first-order valence-corrected chi connectivity index (χ1v) is 5.39. The molecule has 0 aromatic heterocycles. The molecule has 1 fully saturated rings. The summed E-state index contributed by atoms with van der Waals surface area (Å²) in [5.41, 5.74) is 1.21. The van der Waals surface area contributed by atoms with Gasteiger partial charge < -0.3 is 9.64 Å². The van der Waals surface area contributed by atoms with Crippen molar-refractivity contribution in [2.24, 2.45) is 0 Å². The summed E-state index contributed by atoms with van der Waals surface area (Å²) >= 11 is 0. The van der Waals surface area contributed by atoms with Crippen molar-refractivity contribution in [3.05, 3.63) is 21.5 Å². The smallest absolute Gasteiger partial charge is 0.264 e. The standard InChI is InChI=1S/C10H18N2O3/c1-3-9(10(4-2)12(13)14)11-5-7-15-8-6-11/h3-8H2,1-2H3/b10-9-. The number of hydrogen-bond donors (Lipinski definition) is 0. The van der Waals surface area contributed by atoms with Crippen LogP contribution in [0.25, 0.3) is 0 Å². The van der Waals surface area contributed by atoms with E-state index in [-0.39, 0.29) is 4.92 Å². The lowest BCUT2D eigenvalue weighted by atomic mass is 10.2. The molecule has 1 heterocycles. The summed E-state index contributed by atoms with van der Waals surface area (Å²) in [6.07, 6.45) is 1.19. The molecule has 15 heavy (non-hydrogen) atoms. The van der Waals surface area contributed by atoms with Crippen LogP contribution in [0.2, 0.25) is 0 Å². The molecule has 0 amide bonds. The van der Waals surface area contributed by atoms with Gasteiger partial charge in [-0.25, -0.2) is 0 Å². The summed E-state index contributed by atoms with van der Waals surface area (Å²) in [6.45, 7) is 6.65. The highest BCUT2D eigenvalue weighted by atomic mass is 16.6. The lowest BCUT2D eigenvalue weighted by Crippen LogP contribution is -2.36. The van der Waals surface area contributed by atoms with Crippen LogP contribution in [0.5, 0.6) is 0 Å².